The van der Waals surface area contributed by atoms with Crippen LogP contribution in [-0.2, 0) is 5.41 Å². The highest BCUT2D eigenvalue weighted by atomic mass is 35.5. The Kier molecular flexibility index (Phi) is 6.21. The number of rotatable bonds is 2. The molecule has 1 N–H and O–H groups in total. The fraction of sp³-hybridized carbons (Fsp3) is 0.250. The Morgan fingerprint density at radius 2 is 1.71 bits per heavy atom. The van der Waals surface area contributed by atoms with Gasteiger partial charge in [-0.2, -0.15) is 0 Å². The Hall–Kier alpha value is -2.76. The molecule has 0 fully saturated rings. The predicted molar refractivity (Wildman–Crippen MR) is 129 cm³/mol. The normalized spacial score (nSPS) is 11.4. The van der Waals surface area contributed by atoms with E-state index < -0.39 is 0 Å². The number of aromatic nitrogens is 4. The van der Waals surface area contributed by atoms with Crippen molar-refractivity contribution in [1.29, 1.82) is 0 Å². The number of aromatic amines is 1. The van der Waals surface area contributed by atoms with Crippen molar-refractivity contribution in [3.05, 3.63) is 74.9 Å². The Morgan fingerprint density at radius 1 is 1.00 bits per heavy atom. The molecule has 7 heteroatoms. The second-order valence-corrected chi connectivity index (χ2v) is 8.92. The Balaban J connectivity index is 0.00000272. The summed E-state index contributed by atoms with van der Waals surface area (Å²) in [5.74, 6) is 0.628. The lowest BCUT2D eigenvalue weighted by Crippen LogP contribution is -2.12. The summed E-state index contributed by atoms with van der Waals surface area (Å²) in [5.41, 5.74) is 5.46. The minimum absolute atomic E-state index is 0. The zero-order valence-corrected chi connectivity index (χ0v) is 19.6. The van der Waals surface area contributed by atoms with Crippen LogP contribution in [-0.4, -0.2) is 19.9 Å². The summed E-state index contributed by atoms with van der Waals surface area (Å²) in [6.07, 6.45) is 3.35. The summed E-state index contributed by atoms with van der Waals surface area (Å²) >= 11 is 6.60. The number of fused-ring (bicyclic) bond motifs is 1. The van der Waals surface area contributed by atoms with E-state index >= 15 is 0 Å². The van der Waals surface area contributed by atoms with Gasteiger partial charge in [0.1, 0.15) is 11.5 Å². The van der Waals surface area contributed by atoms with Crippen LogP contribution in [0.25, 0.3) is 33.5 Å². The zero-order chi connectivity index (χ0) is 21.6. The average molecular weight is 455 g/mol. The molecule has 0 unspecified atom stereocenters. The summed E-state index contributed by atoms with van der Waals surface area (Å²) < 4.78 is 0. The molecule has 0 aliphatic heterocycles. The van der Waals surface area contributed by atoms with Crippen molar-refractivity contribution < 1.29 is 0 Å². The third-order valence-corrected chi connectivity index (χ3v) is 5.49. The Bertz CT molecular complexity index is 1340. The number of benzene rings is 1. The quantitative estimate of drug-likeness (QED) is 0.400. The Labute approximate surface area is 192 Å². The number of pyridine rings is 2. The number of aryl methyl sites for hydroxylation is 2. The standard InChI is InChI=1S/C24H23ClN4O.ClH/c1-13-10-16(24(3,4)5)17(25)11-15(13)20-12-21(30)22-18(29-20)6-9-27-23(22)19-7-8-26-14(2)28-19;/h6-12H,1-5H3,(H,29,30);1H. The highest BCUT2D eigenvalue weighted by molar-refractivity contribution is 6.31. The van der Waals surface area contributed by atoms with Crippen LogP contribution in [0.4, 0.5) is 0 Å². The fourth-order valence-electron chi connectivity index (χ4n) is 3.67. The first kappa shape index (κ1) is 22.9. The molecule has 0 saturated heterocycles. The second kappa shape index (κ2) is 8.40. The highest BCUT2D eigenvalue weighted by Gasteiger charge is 2.20. The van der Waals surface area contributed by atoms with Gasteiger partial charge in [-0.25, -0.2) is 9.97 Å². The van der Waals surface area contributed by atoms with Crippen LogP contribution < -0.4 is 5.43 Å². The number of hydrogen-bond acceptors (Lipinski definition) is 4. The number of hydrogen-bond donors (Lipinski definition) is 1. The van der Waals surface area contributed by atoms with Gasteiger partial charge in [-0.1, -0.05) is 38.4 Å². The van der Waals surface area contributed by atoms with Crippen LogP contribution in [0, 0.1) is 13.8 Å². The van der Waals surface area contributed by atoms with Crippen molar-refractivity contribution in [2.45, 2.75) is 40.0 Å². The van der Waals surface area contributed by atoms with Gasteiger partial charge in [0.15, 0.2) is 5.43 Å². The number of nitrogens with zero attached hydrogens (tertiary/aromatic N) is 3. The predicted octanol–water partition coefficient (Wildman–Crippen LogP) is 6.04. The second-order valence-electron chi connectivity index (χ2n) is 8.52. The molecule has 0 spiro atoms. The molecule has 0 atom stereocenters. The molecular formula is C24H24Cl2N4O. The van der Waals surface area contributed by atoms with E-state index in [-0.39, 0.29) is 23.3 Å². The van der Waals surface area contributed by atoms with E-state index in [0.29, 0.717) is 33.1 Å². The van der Waals surface area contributed by atoms with Gasteiger partial charge >= 0.3 is 0 Å². The van der Waals surface area contributed by atoms with Crippen LogP contribution >= 0.6 is 24.0 Å². The average Bonchev–Trinajstić information content (AvgIpc) is 2.68. The number of halogens is 2. The smallest absolute Gasteiger partial charge is 0.192 e. The van der Waals surface area contributed by atoms with Crippen LogP contribution in [0.15, 0.2) is 47.5 Å². The maximum Gasteiger partial charge on any atom is 0.192 e. The molecule has 5 nitrogen and oxygen atoms in total. The highest BCUT2D eigenvalue weighted by Crippen LogP contribution is 2.35. The van der Waals surface area contributed by atoms with Crippen molar-refractivity contribution in [2.24, 2.45) is 0 Å². The third-order valence-electron chi connectivity index (χ3n) is 5.17. The van der Waals surface area contributed by atoms with Crippen LogP contribution in [0.3, 0.4) is 0 Å². The van der Waals surface area contributed by atoms with Crippen LogP contribution in [0.2, 0.25) is 5.02 Å². The van der Waals surface area contributed by atoms with E-state index in [2.05, 4.69) is 46.8 Å². The molecule has 1 aromatic carbocycles. The number of H-pyrrole nitrogens is 1. The third kappa shape index (κ3) is 4.34. The SMILES string of the molecule is Cc1nccc(-c2nccc3[nH]c(-c4cc(Cl)c(C(C)(C)C)cc4C)cc(=O)c23)n1.Cl. The zero-order valence-electron chi connectivity index (χ0n) is 18.1. The molecule has 0 aliphatic rings. The summed E-state index contributed by atoms with van der Waals surface area (Å²) in [5, 5.41) is 1.20. The first-order valence-electron chi connectivity index (χ1n) is 9.78. The number of nitrogens with one attached hydrogen (secondary N) is 1. The molecule has 4 rings (SSSR count). The largest absolute Gasteiger partial charge is 0.354 e. The van der Waals surface area contributed by atoms with E-state index in [9.17, 15) is 4.79 Å². The molecule has 4 aromatic rings. The summed E-state index contributed by atoms with van der Waals surface area (Å²) in [6, 6.07) is 9.21. The van der Waals surface area contributed by atoms with Gasteiger partial charge in [-0.05, 0) is 48.6 Å². The van der Waals surface area contributed by atoms with E-state index in [4.69, 9.17) is 11.6 Å². The molecular weight excluding hydrogens is 431 g/mol. The molecule has 0 saturated carbocycles. The lowest BCUT2D eigenvalue weighted by molar-refractivity contribution is 0.590. The molecule has 160 valence electrons. The monoisotopic (exact) mass is 454 g/mol. The molecule has 3 aromatic heterocycles. The molecule has 3 heterocycles. The minimum Gasteiger partial charge on any atom is -0.354 e. The summed E-state index contributed by atoms with van der Waals surface area (Å²) in [7, 11) is 0. The lowest BCUT2D eigenvalue weighted by atomic mass is 9.85. The minimum atomic E-state index is -0.117. The van der Waals surface area contributed by atoms with E-state index in [1.165, 1.54) is 0 Å². The van der Waals surface area contributed by atoms with Crippen molar-refractivity contribution in [1.82, 2.24) is 19.9 Å². The van der Waals surface area contributed by atoms with Crippen molar-refractivity contribution in [3.63, 3.8) is 0 Å². The van der Waals surface area contributed by atoms with Crippen molar-refractivity contribution in [2.75, 3.05) is 0 Å². The van der Waals surface area contributed by atoms with E-state index in [0.717, 1.165) is 22.4 Å². The van der Waals surface area contributed by atoms with Gasteiger partial charge in [-0.15, -0.1) is 12.4 Å². The maximum atomic E-state index is 13.1. The van der Waals surface area contributed by atoms with E-state index in [1.54, 1.807) is 30.6 Å². The molecule has 0 amide bonds. The Morgan fingerprint density at radius 3 is 2.39 bits per heavy atom. The molecule has 0 radical (unpaired) electrons. The van der Waals surface area contributed by atoms with Gasteiger partial charge < -0.3 is 4.98 Å². The van der Waals surface area contributed by atoms with Gasteiger partial charge in [0.2, 0.25) is 0 Å². The topological polar surface area (TPSA) is 71.5 Å². The van der Waals surface area contributed by atoms with Gasteiger partial charge in [0.25, 0.3) is 0 Å². The van der Waals surface area contributed by atoms with Gasteiger partial charge in [0, 0.05) is 29.0 Å². The first-order chi connectivity index (χ1) is 14.1. The van der Waals surface area contributed by atoms with Gasteiger partial charge in [0.05, 0.1) is 22.3 Å². The first-order valence-corrected chi connectivity index (χ1v) is 10.2. The summed E-state index contributed by atoms with van der Waals surface area (Å²) in [4.78, 5) is 29.5. The molecule has 0 aliphatic carbocycles. The molecule has 31 heavy (non-hydrogen) atoms. The lowest BCUT2D eigenvalue weighted by Gasteiger charge is -2.22. The van der Waals surface area contributed by atoms with Crippen molar-refractivity contribution in [3.8, 4) is 22.6 Å². The van der Waals surface area contributed by atoms with Crippen molar-refractivity contribution >= 4 is 34.9 Å². The maximum absolute atomic E-state index is 13.1. The molecule has 0 bridgehead atoms. The van der Waals surface area contributed by atoms with Gasteiger partial charge in [-0.3, -0.25) is 9.78 Å². The van der Waals surface area contributed by atoms with E-state index in [1.807, 2.05) is 19.9 Å². The summed E-state index contributed by atoms with van der Waals surface area (Å²) in [6.45, 7) is 10.2. The fourth-order valence-corrected chi connectivity index (χ4v) is 4.12. The van der Waals surface area contributed by atoms with Crippen LogP contribution in [0.5, 0.6) is 0 Å². The van der Waals surface area contributed by atoms with Crippen LogP contribution in [0.1, 0.15) is 37.7 Å².